The van der Waals surface area contributed by atoms with Crippen LogP contribution in [-0.2, 0) is 9.53 Å². The molecule has 4 aliphatic rings. The lowest BCUT2D eigenvalue weighted by Crippen LogP contribution is -2.54. The van der Waals surface area contributed by atoms with Gasteiger partial charge in [-0.1, -0.05) is 60.5 Å². The zero-order valence-electron chi connectivity index (χ0n) is 23.6. The van der Waals surface area contributed by atoms with Crippen LogP contribution in [-0.4, -0.2) is 25.2 Å². The fourth-order valence-electron chi connectivity index (χ4n) is 9.87. The summed E-state index contributed by atoms with van der Waals surface area (Å²) in [6, 6.07) is 0. The molecular weight excluding hydrogens is 430 g/mol. The normalized spacial score (nSPS) is 41.5. The van der Waals surface area contributed by atoms with E-state index in [1.807, 2.05) is 0 Å². The average Bonchev–Trinajstić information content (AvgIpc) is 3.18. The molecule has 4 fully saturated rings. The van der Waals surface area contributed by atoms with Crippen molar-refractivity contribution in [2.75, 3.05) is 13.2 Å². The van der Waals surface area contributed by atoms with Crippen molar-refractivity contribution in [1.82, 2.24) is 5.32 Å². The van der Waals surface area contributed by atoms with Crippen molar-refractivity contribution in [3.8, 4) is 0 Å². The van der Waals surface area contributed by atoms with Gasteiger partial charge < -0.3 is 10.1 Å². The van der Waals surface area contributed by atoms with Gasteiger partial charge in [-0.15, -0.1) is 0 Å². The van der Waals surface area contributed by atoms with Crippen LogP contribution in [0.1, 0.15) is 112 Å². The lowest BCUT2D eigenvalue weighted by molar-refractivity contribution is -0.136. The highest BCUT2D eigenvalue weighted by molar-refractivity contribution is 5.86. The van der Waals surface area contributed by atoms with Crippen molar-refractivity contribution in [3.05, 3.63) is 12.7 Å². The molecule has 3 heteroatoms. The van der Waals surface area contributed by atoms with Gasteiger partial charge >= 0.3 is 0 Å². The minimum Gasteiger partial charge on any atom is -0.376 e. The van der Waals surface area contributed by atoms with Gasteiger partial charge in [0.25, 0.3) is 0 Å². The van der Waals surface area contributed by atoms with Gasteiger partial charge in [-0.05, 0) is 116 Å². The molecule has 0 radical (unpaired) electrons. The number of rotatable bonds is 10. The van der Waals surface area contributed by atoms with E-state index in [1.165, 1.54) is 83.1 Å². The highest BCUT2D eigenvalue weighted by Crippen LogP contribution is 2.68. The Morgan fingerprint density at radius 3 is 2.49 bits per heavy atom. The average molecular weight is 486 g/mol. The van der Waals surface area contributed by atoms with Gasteiger partial charge in [0.2, 0.25) is 5.91 Å². The van der Waals surface area contributed by atoms with E-state index in [4.69, 9.17) is 4.74 Å². The van der Waals surface area contributed by atoms with Crippen molar-refractivity contribution in [2.24, 2.45) is 52.3 Å². The maximum Gasteiger partial charge on any atom is 0.243 e. The Morgan fingerprint density at radius 2 is 1.74 bits per heavy atom. The summed E-state index contributed by atoms with van der Waals surface area (Å²) < 4.78 is 6.23. The summed E-state index contributed by atoms with van der Waals surface area (Å²) in [7, 11) is 0. The minimum absolute atomic E-state index is 0.105. The van der Waals surface area contributed by atoms with Crippen LogP contribution >= 0.6 is 0 Å². The molecule has 9 atom stereocenters. The summed E-state index contributed by atoms with van der Waals surface area (Å²) in [4.78, 5) is 11.4. The van der Waals surface area contributed by atoms with Crippen LogP contribution in [0.25, 0.3) is 0 Å². The molecule has 0 aliphatic heterocycles. The topological polar surface area (TPSA) is 38.3 Å². The minimum atomic E-state index is -0.105. The van der Waals surface area contributed by atoms with Gasteiger partial charge in [-0.2, -0.15) is 0 Å². The van der Waals surface area contributed by atoms with Crippen molar-refractivity contribution < 1.29 is 9.53 Å². The molecule has 0 heterocycles. The Labute approximate surface area is 216 Å². The highest BCUT2D eigenvalue weighted by Gasteiger charge is 2.60. The second kappa shape index (κ2) is 11.3. The Balaban J connectivity index is 1.33. The van der Waals surface area contributed by atoms with E-state index < -0.39 is 0 Å². The third-order valence-corrected chi connectivity index (χ3v) is 11.8. The summed E-state index contributed by atoms with van der Waals surface area (Å²) in [5.41, 5.74) is 1.11. The van der Waals surface area contributed by atoms with E-state index in [9.17, 15) is 4.79 Å². The number of nitrogens with one attached hydrogen (secondary N) is 1. The number of hydrogen-bond acceptors (Lipinski definition) is 2. The molecule has 35 heavy (non-hydrogen) atoms. The van der Waals surface area contributed by atoms with Gasteiger partial charge in [0.05, 0.1) is 12.7 Å². The van der Waals surface area contributed by atoms with Crippen LogP contribution in [0.15, 0.2) is 12.7 Å². The number of carbonyl (C=O) groups excluding carboxylic acids is 1. The van der Waals surface area contributed by atoms with Crippen molar-refractivity contribution in [1.29, 1.82) is 0 Å². The first-order valence-corrected chi connectivity index (χ1v) is 15.2. The summed E-state index contributed by atoms with van der Waals surface area (Å²) in [5.74, 6) is 6.29. The fraction of sp³-hybridized carbons (Fsp3) is 0.906. The van der Waals surface area contributed by atoms with Crippen LogP contribution < -0.4 is 5.32 Å². The molecule has 4 rings (SSSR count). The van der Waals surface area contributed by atoms with Gasteiger partial charge in [-0.3, -0.25) is 4.79 Å². The quantitative estimate of drug-likeness (QED) is 0.253. The SMILES string of the molecule is C=CC(=O)NCCO[C@H]1CC[C@@]2(C)[C@@H](CC[C@@H]3[C@@H]2CC[C@]2(C)[C@@H]([C@H](C)CCCC(C)C)CC[C@@H]32)C1. The predicted molar refractivity (Wildman–Crippen MR) is 146 cm³/mol. The second-order valence-corrected chi connectivity index (χ2v) is 13.9. The van der Waals surface area contributed by atoms with Crippen LogP contribution in [0.2, 0.25) is 0 Å². The molecule has 1 amide bonds. The summed E-state index contributed by atoms with van der Waals surface area (Å²) >= 11 is 0. The molecule has 0 saturated heterocycles. The molecule has 0 bridgehead atoms. The van der Waals surface area contributed by atoms with E-state index in [-0.39, 0.29) is 5.91 Å². The molecule has 0 aromatic carbocycles. The van der Waals surface area contributed by atoms with Crippen molar-refractivity contribution in [3.63, 3.8) is 0 Å². The first kappa shape index (κ1) is 27.2. The number of amides is 1. The Hall–Kier alpha value is -0.830. The van der Waals surface area contributed by atoms with Crippen LogP contribution in [0, 0.1) is 52.3 Å². The molecule has 1 N–H and O–H groups in total. The summed E-state index contributed by atoms with van der Waals surface area (Å²) in [6.45, 7) is 17.4. The third-order valence-electron chi connectivity index (χ3n) is 11.8. The molecule has 0 unspecified atom stereocenters. The molecule has 4 aliphatic carbocycles. The zero-order chi connectivity index (χ0) is 25.2. The second-order valence-electron chi connectivity index (χ2n) is 13.9. The molecule has 0 aromatic heterocycles. The van der Waals surface area contributed by atoms with E-state index in [1.54, 1.807) is 0 Å². The van der Waals surface area contributed by atoms with E-state index >= 15 is 0 Å². The van der Waals surface area contributed by atoms with E-state index in [0.717, 1.165) is 41.4 Å². The monoisotopic (exact) mass is 485 g/mol. The predicted octanol–water partition coefficient (Wildman–Crippen LogP) is 7.80. The Bertz CT molecular complexity index is 733. The Morgan fingerprint density at radius 1 is 1.00 bits per heavy atom. The molecular formula is C32H55NO2. The van der Waals surface area contributed by atoms with Gasteiger partial charge in [0, 0.05) is 6.54 Å². The Kier molecular flexibility index (Phi) is 8.77. The maximum absolute atomic E-state index is 11.4. The highest BCUT2D eigenvalue weighted by atomic mass is 16.5. The largest absolute Gasteiger partial charge is 0.376 e. The zero-order valence-corrected chi connectivity index (χ0v) is 23.6. The smallest absolute Gasteiger partial charge is 0.243 e. The third kappa shape index (κ3) is 5.55. The standard InChI is InChI=1S/C32H55NO2/c1-7-30(34)33-19-20-35-25-15-17-31(5)24(21-25)11-12-26-28-14-13-27(23(4)10-8-9-22(2)3)32(28,6)18-16-29(26)31/h7,22-29H,1,8-21H2,2-6H3,(H,33,34)/t23-,24+,25+,26+,27-,28+,29+,31+,32-/m1/s1. The van der Waals surface area contributed by atoms with Gasteiger partial charge in [-0.25, -0.2) is 0 Å². The summed E-state index contributed by atoms with van der Waals surface area (Å²) in [5, 5.41) is 2.84. The lowest BCUT2D eigenvalue weighted by atomic mass is 9.44. The number of hydrogen-bond donors (Lipinski definition) is 1. The van der Waals surface area contributed by atoms with E-state index in [2.05, 4.69) is 46.5 Å². The molecule has 0 spiro atoms. The van der Waals surface area contributed by atoms with Crippen molar-refractivity contribution in [2.45, 2.75) is 118 Å². The van der Waals surface area contributed by atoms with Gasteiger partial charge in [0.1, 0.15) is 0 Å². The van der Waals surface area contributed by atoms with E-state index in [0.29, 0.717) is 30.1 Å². The molecule has 200 valence electrons. The van der Waals surface area contributed by atoms with Crippen LogP contribution in [0.3, 0.4) is 0 Å². The first-order chi connectivity index (χ1) is 16.7. The summed E-state index contributed by atoms with van der Waals surface area (Å²) in [6.07, 6.45) is 18.5. The fourth-order valence-corrected chi connectivity index (χ4v) is 9.87. The molecule has 3 nitrogen and oxygen atoms in total. The van der Waals surface area contributed by atoms with Crippen LogP contribution in [0.4, 0.5) is 0 Å². The number of ether oxygens (including phenoxy) is 1. The molecule has 4 saturated carbocycles. The van der Waals surface area contributed by atoms with Crippen LogP contribution in [0.5, 0.6) is 0 Å². The number of fused-ring (bicyclic) bond motifs is 5. The number of carbonyl (C=O) groups is 1. The lowest BCUT2D eigenvalue weighted by Gasteiger charge is -2.61. The van der Waals surface area contributed by atoms with Crippen molar-refractivity contribution >= 4 is 5.91 Å². The first-order valence-electron chi connectivity index (χ1n) is 15.2. The maximum atomic E-state index is 11.4. The molecule has 0 aromatic rings. The van der Waals surface area contributed by atoms with Gasteiger partial charge in [0.15, 0.2) is 0 Å².